The van der Waals surface area contributed by atoms with Crippen LogP contribution in [0.5, 0.6) is 0 Å². The number of Topliss-reactive ketones (excluding diaryl/α,β-unsaturated/α-hetero) is 1. The Kier molecular flexibility index (Phi) is 11.6. The molecule has 1 aromatic carbocycles. The molecule has 13 heteroatoms. The van der Waals surface area contributed by atoms with Crippen LogP contribution < -0.4 is 5.32 Å². The molecule has 8 heterocycles. The molecule has 18 aliphatic rings. The van der Waals surface area contributed by atoms with Gasteiger partial charge in [0.1, 0.15) is 29.7 Å². The summed E-state index contributed by atoms with van der Waals surface area (Å²) in [5.41, 5.74) is -5.98. The molecule has 20 rings (SSSR count). The fraction of sp³-hybridized carbons (Fsp3) is 0.753. The van der Waals surface area contributed by atoms with Crippen molar-refractivity contribution in [3.05, 3.63) is 83.5 Å². The number of fused-ring (bicyclic) bond motifs is 6. The molecule has 0 amide bonds. The highest BCUT2D eigenvalue weighted by atomic mass is 16.7. The largest absolute Gasteiger partial charge is 0.469 e. The second-order valence-corrected chi connectivity index (χ2v) is 34.4. The lowest BCUT2D eigenvalue weighted by molar-refractivity contribution is -0.315. The average Bonchev–Trinajstić information content (AvgIpc) is 1.40. The summed E-state index contributed by atoms with van der Waals surface area (Å²) < 4.78 is 38.1. The van der Waals surface area contributed by atoms with Crippen molar-refractivity contribution in [3.8, 4) is 11.8 Å². The molecule has 4 N–H and O–H groups in total. The normalized spacial score (nSPS) is 54.2. The number of aliphatic hydroxyl groups excluding tert-OH is 3. The summed E-state index contributed by atoms with van der Waals surface area (Å²) in [6.07, 6.45) is 25.9. The van der Waals surface area contributed by atoms with Crippen molar-refractivity contribution in [1.82, 2.24) is 10.2 Å². The Morgan fingerprint density at radius 3 is 2.63 bits per heavy atom. The molecule has 7 spiro atoms. The van der Waals surface area contributed by atoms with Gasteiger partial charge < -0.3 is 43.6 Å². The summed E-state index contributed by atoms with van der Waals surface area (Å²) in [7, 11) is 0. The molecule has 1 aromatic heterocycles. The van der Waals surface area contributed by atoms with E-state index in [1.807, 2.05) is 6.07 Å². The van der Waals surface area contributed by atoms with Gasteiger partial charge in [0.25, 0.3) is 0 Å². The lowest BCUT2D eigenvalue weighted by atomic mass is 9.28. The SMILES string of the molecule is C[C@H]1[C@@H]2CCC[C@H]2CC[C@@]12CCC[C@]13O[C@]45C(=C[C@H]21)C[C@@H]1CCC[C@]12C[C@@H]1C[C@]6(C)[C@]78O[C@@H]7C(=O)O[C@]6(c6ccoc6C[C@@H]([C@@H]6CC[C@@H]7[C@H](C=CN9CNC[C@@H]79)C6)[C@H](O)CO)CC#C[C@@H]6CC[C@H](Cc7ccccc7)C[C@@H]6[C@]86[C@H](O)C(=O)[C@H]3[C@@]4(COC(=O)[C@@H]25)[C@@H]16. The third-order valence-corrected chi connectivity index (χ3v) is 32.5. The van der Waals surface area contributed by atoms with E-state index < -0.39 is 92.7 Å². The number of furan rings is 1. The maximum Gasteiger partial charge on any atom is 0.339 e. The van der Waals surface area contributed by atoms with Crippen LogP contribution in [0.3, 0.4) is 0 Å². The number of hydrogen-bond donors (Lipinski definition) is 4. The van der Waals surface area contributed by atoms with Crippen LogP contribution in [0.4, 0.5) is 0 Å². The molecular weight excluding hydrogens is 1130 g/mol. The van der Waals surface area contributed by atoms with Crippen LogP contribution in [0.25, 0.3) is 0 Å². The first-order chi connectivity index (χ1) is 43.7. The van der Waals surface area contributed by atoms with Gasteiger partial charge in [-0.3, -0.25) is 14.9 Å². The van der Waals surface area contributed by atoms with Gasteiger partial charge in [0.2, 0.25) is 0 Å². The first kappa shape index (κ1) is 56.1. The van der Waals surface area contributed by atoms with Crippen molar-refractivity contribution in [2.75, 3.05) is 26.4 Å². The summed E-state index contributed by atoms with van der Waals surface area (Å²) >= 11 is 0. The van der Waals surface area contributed by atoms with Gasteiger partial charge in [-0.05, 0) is 221 Å². The number of benzene rings is 1. The topological polar surface area (TPSA) is 181 Å². The summed E-state index contributed by atoms with van der Waals surface area (Å²) in [4.78, 5) is 52.8. The van der Waals surface area contributed by atoms with Gasteiger partial charge in [-0.2, -0.15) is 0 Å². The van der Waals surface area contributed by atoms with Crippen LogP contribution in [0.1, 0.15) is 166 Å². The molecule has 478 valence electrons. The molecule has 5 saturated heterocycles. The van der Waals surface area contributed by atoms with E-state index in [4.69, 9.17) is 23.4 Å². The number of ketones is 1. The van der Waals surface area contributed by atoms with Gasteiger partial charge >= 0.3 is 11.9 Å². The molecule has 11 aliphatic carbocycles. The van der Waals surface area contributed by atoms with Crippen LogP contribution in [-0.2, 0) is 51.8 Å². The van der Waals surface area contributed by atoms with Gasteiger partial charge in [-0.25, -0.2) is 4.79 Å². The zero-order valence-corrected chi connectivity index (χ0v) is 53.0. The lowest BCUT2D eigenvalue weighted by Crippen LogP contribution is -2.84. The fourth-order valence-electron chi connectivity index (χ4n) is 29.9. The summed E-state index contributed by atoms with van der Waals surface area (Å²) in [6.45, 7) is 6.37. The number of nitrogens with one attached hydrogen (secondary N) is 1. The highest BCUT2D eigenvalue weighted by molar-refractivity contribution is 5.94. The molecule has 29 atom stereocenters. The predicted molar refractivity (Wildman–Crippen MR) is 329 cm³/mol. The molecule has 7 aliphatic heterocycles. The number of carbonyl (C=O) groups is 3. The number of rotatable bonds is 8. The number of allylic oxidation sites excluding steroid dienone is 1. The number of nitrogens with zero attached hydrogens (tertiary/aromatic N) is 1. The maximum atomic E-state index is 18.0. The van der Waals surface area contributed by atoms with E-state index in [9.17, 15) is 10.2 Å². The summed E-state index contributed by atoms with van der Waals surface area (Å²) in [5, 5.41) is 42.0. The minimum Gasteiger partial charge on any atom is -0.469 e. The summed E-state index contributed by atoms with van der Waals surface area (Å²) in [5.74, 6) is 7.76. The molecular formula is C77H94N2O11. The van der Waals surface area contributed by atoms with E-state index in [0.29, 0.717) is 66.7 Å². The Bertz CT molecular complexity index is 3530. The first-order valence-electron chi connectivity index (χ1n) is 36.4. The van der Waals surface area contributed by atoms with E-state index in [1.165, 1.54) is 36.8 Å². The van der Waals surface area contributed by atoms with E-state index in [-0.39, 0.29) is 77.5 Å². The molecule has 13 nitrogen and oxygen atoms in total. The van der Waals surface area contributed by atoms with Crippen molar-refractivity contribution in [1.29, 1.82) is 0 Å². The third kappa shape index (κ3) is 6.25. The predicted octanol–water partition coefficient (Wildman–Crippen LogP) is 10.2. The van der Waals surface area contributed by atoms with E-state index >= 15 is 19.5 Å². The highest BCUT2D eigenvalue weighted by Crippen LogP contribution is 2.92. The number of epoxide rings is 1. The van der Waals surface area contributed by atoms with E-state index in [2.05, 4.69) is 84.6 Å². The van der Waals surface area contributed by atoms with Crippen molar-refractivity contribution in [3.63, 3.8) is 0 Å². The minimum absolute atomic E-state index is 0.0482. The van der Waals surface area contributed by atoms with Gasteiger partial charge in [0.15, 0.2) is 17.5 Å². The average molecular weight is 1220 g/mol. The van der Waals surface area contributed by atoms with Gasteiger partial charge in [0.05, 0.1) is 54.9 Å². The molecule has 9 bridgehead atoms. The second kappa shape index (κ2) is 18.6. The minimum atomic E-state index is -1.55. The van der Waals surface area contributed by atoms with Gasteiger partial charge in [-0.1, -0.05) is 87.4 Å². The van der Waals surface area contributed by atoms with Crippen molar-refractivity contribution in [2.45, 2.75) is 208 Å². The fourth-order valence-corrected chi connectivity index (χ4v) is 29.9. The van der Waals surface area contributed by atoms with E-state index in [0.717, 1.165) is 109 Å². The molecule has 2 aromatic rings. The number of ether oxygens (including phenoxy) is 4. The highest BCUT2D eigenvalue weighted by Gasteiger charge is 3.00. The number of cyclic esters (lactones) is 1. The zero-order chi connectivity index (χ0) is 60.5. The molecule has 15 fully saturated rings. The standard InChI is InChI=1S/C77H94N2O11/c1-42-52-15-6-12-45(52)20-27-70(42)24-9-25-73-60(70)34-51-33-50-14-8-23-71(50)37-49-36-69(2)74(55-22-29-86-59(55)35-54(58(81)39-80)47-18-19-53-48(32-47)21-28-79-41-78-38-57(53)79)26-7-13-46-17-16-44(30-43-10-4-3-5-11-43)31-56(46)75(77(69)66(88-77)68(85)89-74)62(49)72(63(73)61(82)65(75)83)40-87-67(84)64(71)76(51,72)90-73/h3-5,10-11,21-22,28-29,34,42,44-50,52-54,56-58,60,62-66,78,80-81,83H,6,8-9,12,14-20,23-27,30-33,35-41H2,1-2H3/t42-,44+,45-,46+,47+,48+,49-,50-,52-,53+,54-,56-,57-,58+,60+,62+,63-,64-,65+,66+,69-,70-,71-,72+,73-,74-,75-,76-,77+/m0/s1. The Balaban J connectivity index is 0.807. The maximum absolute atomic E-state index is 18.0. The second-order valence-electron chi connectivity index (χ2n) is 34.4. The molecule has 10 saturated carbocycles. The zero-order valence-electron chi connectivity index (χ0n) is 53.0. The molecule has 90 heavy (non-hydrogen) atoms. The number of aliphatic hydroxyl groups is 3. The first-order valence-corrected chi connectivity index (χ1v) is 36.4. The number of carbonyl (C=O) groups excluding carboxylic acids is 3. The summed E-state index contributed by atoms with van der Waals surface area (Å²) in [6, 6.07) is 13.2. The quantitative estimate of drug-likeness (QED) is 0.0850. The number of esters is 2. The smallest absolute Gasteiger partial charge is 0.339 e. The van der Waals surface area contributed by atoms with Crippen molar-refractivity contribution in [2.24, 2.45) is 122 Å². The van der Waals surface area contributed by atoms with Crippen molar-refractivity contribution < 1.29 is 53.1 Å². The number of hydrogen-bond acceptors (Lipinski definition) is 13. The van der Waals surface area contributed by atoms with Crippen molar-refractivity contribution >= 4 is 17.7 Å². The monoisotopic (exact) mass is 1220 g/mol. The lowest BCUT2D eigenvalue weighted by Gasteiger charge is -2.74. The van der Waals surface area contributed by atoms with Crippen LogP contribution in [-0.4, -0.2) is 106 Å². The Hall–Kier alpha value is -4.29. The Labute approximate surface area is 530 Å². The van der Waals surface area contributed by atoms with Gasteiger partial charge in [-0.15, -0.1) is 0 Å². The van der Waals surface area contributed by atoms with Crippen LogP contribution in [0.15, 0.2) is 71.0 Å². The van der Waals surface area contributed by atoms with Crippen LogP contribution in [0, 0.1) is 134 Å². The molecule has 0 radical (unpaired) electrons. The Morgan fingerprint density at radius 2 is 1.76 bits per heavy atom. The van der Waals surface area contributed by atoms with Crippen LogP contribution in [0.2, 0.25) is 0 Å². The third-order valence-electron chi connectivity index (χ3n) is 32.5. The Morgan fingerprint density at radius 1 is 0.878 bits per heavy atom. The van der Waals surface area contributed by atoms with E-state index in [1.54, 1.807) is 6.26 Å². The van der Waals surface area contributed by atoms with Gasteiger partial charge in [0, 0.05) is 47.2 Å². The molecule has 0 unspecified atom stereocenters. The van der Waals surface area contributed by atoms with Crippen LogP contribution >= 0.6 is 0 Å².